The third-order valence-electron chi connectivity index (χ3n) is 1.34. The summed E-state index contributed by atoms with van der Waals surface area (Å²) in [6.07, 6.45) is 1.03. The van der Waals surface area contributed by atoms with Crippen molar-refractivity contribution < 1.29 is 5.48 Å². The molecule has 1 rings (SSSR count). The summed E-state index contributed by atoms with van der Waals surface area (Å²) in [4.78, 5) is 1.43. The van der Waals surface area contributed by atoms with Gasteiger partial charge in [0.25, 0.3) is 0 Å². The molecular weight excluding hydrogens is 182 g/mol. The molecule has 2 nitrogen and oxygen atoms in total. The molecule has 0 saturated heterocycles. The number of hydrogen-bond donors (Lipinski definition) is 1. The Morgan fingerprint density at radius 1 is 1.55 bits per heavy atom. The van der Waals surface area contributed by atoms with E-state index in [0.717, 1.165) is 13.0 Å². The number of aryl methyl sites for hydroxylation is 1. The molecule has 1 aromatic rings. The minimum absolute atomic E-state index is 0. The second-order valence-corrected chi connectivity index (χ2v) is 3.07. The molecule has 0 fully saturated rings. The van der Waals surface area contributed by atoms with Crippen LogP contribution in [0.4, 0.5) is 0 Å². The molecule has 11 heavy (non-hydrogen) atoms. The molecule has 0 radical (unpaired) electrons. The fourth-order valence-electron chi connectivity index (χ4n) is 0.791. The highest BCUT2D eigenvalue weighted by Crippen LogP contribution is 2.14. The van der Waals surface area contributed by atoms with Crippen LogP contribution in [0.3, 0.4) is 0 Å². The molecule has 0 saturated carbocycles. The van der Waals surface area contributed by atoms with Crippen LogP contribution in [0.25, 0.3) is 0 Å². The molecule has 0 aliphatic rings. The zero-order valence-corrected chi connectivity index (χ0v) is 8.10. The summed E-state index contributed by atoms with van der Waals surface area (Å²) in [6, 6.07) is 2.13. The van der Waals surface area contributed by atoms with Crippen LogP contribution < -0.4 is 5.73 Å². The van der Waals surface area contributed by atoms with E-state index in [9.17, 15) is 0 Å². The topological polar surface area (TPSA) is 57.5 Å². The van der Waals surface area contributed by atoms with Gasteiger partial charge in [-0.15, -0.1) is 23.7 Å². The van der Waals surface area contributed by atoms with Crippen molar-refractivity contribution in [1.29, 1.82) is 0 Å². The predicted molar refractivity (Wildman–Crippen MR) is 52.7 cm³/mol. The van der Waals surface area contributed by atoms with Gasteiger partial charge in [0, 0.05) is 4.88 Å². The molecule has 0 spiro atoms. The van der Waals surface area contributed by atoms with Crippen molar-refractivity contribution in [2.75, 3.05) is 6.54 Å². The largest absolute Gasteiger partial charge is 0.412 e. The standard InChI is InChI=1S/C7H11NS.ClH.H2O/c1-6-3-5-9-7(6)2-4-8;;/h3,5H,2,4,8H2,1H3;1H;1H2. The summed E-state index contributed by atoms with van der Waals surface area (Å²) in [7, 11) is 0. The first-order valence-corrected chi connectivity index (χ1v) is 3.95. The van der Waals surface area contributed by atoms with E-state index in [2.05, 4.69) is 18.4 Å². The highest BCUT2D eigenvalue weighted by atomic mass is 35.5. The highest BCUT2D eigenvalue weighted by molar-refractivity contribution is 7.10. The first-order chi connectivity index (χ1) is 4.34. The Morgan fingerprint density at radius 2 is 2.18 bits per heavy atom. The van der Waals surface area contributed by atoms with Gasteiger partial charge in [0.1, 0.15) is 0 Å². The summed E-state index contributed by atoms with van der Waals surface area (Å²) >= 11 is 1.79. The Kier molecular flexibility index (Phi) is 8.11. The molecule has 0 aliphatic heterocycles. The summed E-state index contributed by atoms with van der Waals surface area (Å²) in [5.41, 5.74) is 6.78. The van der Waals surface area contributed by atoms with Crippen LogP contribution in [0.5, 0.6) is 0 Å². The summed E-state index contributed by atoms with van der Waals surface area (Å²) in [6.45, 7) is 2.89. The molecule has 0 unspecified atom stereocenters. The minimum Gasteiger partial charge on any atom is -0.412 e. The van der Waals surface area contributed by atoms with Crippen molar-refractivity contribution in [2.45, 2.75) is 13.3 Å². The van der Waals surface area contributed by atoms with E-state index in [0.29, 0.717) is 0 Å². The van der Waals surface area contributed by atoms with Crippen molar-refractivity contribution in [2.24, 2.45) is 5.73 Å². The molecule has 0 bridgehead atoms. The number of nitrogens with two attached hydrogens (primary N) is 1. The third kappa shape index (κ3) is 3.72. The van der Waals surface area contributed by atoms with Crippen LogP contribution in [0.2, 0.25) is 0 Å². The van der Waals surface area contributed by atoms with E-state index in [1.807, 2.05) is 0 Å². The molecule has 0 amide bonds. The van der Waals surface area contributed by atoms with Crippen LogP contribution in [0.1, 0.15) is 10.4 Å². The Balaban J connectivity index is 0. The summed E-state index contributed by atoms with van der Waals surface area (Å²) in [5, 5.41) is 2.11. The quantitative estimate of drug-likeness (QED) is 0.757. The molecular formula is C7H14ClNOS. The molecule has 4 N–H and O–H groups in total. The van der Waals surface area contributed by atoms with Gasteiger partial charge in [-0.2, -0.15) is 0 Å². The van der Waals surface area contributed by atoms with Gasteiger partial charge in [0.05, 0.1) is 0 Å². The fourth-order valence-corrected chi connectivity index (χ4v) is 1.72. The van der Waals surface area contributed by atoms with Crippen molar-refractivity contribution in [3.05, 3.63) is 21.9 Å². The molecule has 0 aromatic carbocycles. The van der Waals surface area contributed by atoms with E-state index in [1.165, 1.54) is 10.4 Å². The van der Waals surface area contributed by atoms with E-state index in [4.69, 9.17) is 5.73 Å². The Labute approximate surface area is 77.1 Å². The van der Waals surface area contributed by atoms with Gasteiger partial charge >= 0.3 is 0 Å². The lowest BCUT2D eigenvalue weighted by atomic mass is 10.2. The average molecular weight is 196 g/mol. The van der Waals surface area contributed by atoms with Gasteiger partial charge in [0.15, 0.2) is 0 Å². The van der Waals surface area contributed by atoms with Crippen molar-refractivity contribution in [1.82, 2.24) is 0 Å². The highest BCUT2D eigenvalue weighted by Gasteiger charge is 1.95. The first kappa shape index (κ1) is 13.5. The van der Waals surface area contributed by atoms with Crippen molar-refractivity contribution in [3.63, 3.8) is 0 Å². The average Bonchev–Trinajstić information content (AvgIpc) is 2.18. The van der Waals surface area contributed by atoms with Crippen LogP contribution in [-0.2, 0) is 6.42 Å². The van der Waals surface area contributed by atoms with E-state index in [1.54, 1.807) is 11.3 Å². The second-order valence-electron chi connectivity index (χ2n) is 2.07. The van der Waals surface area contributed by atoms with Crippen LogP contribution in [0.15, 0.2) is 11.4 Å². The van der Waals surface area contributed by atoms with Gasteiger partial charge in [-0.1, -0.05) is 0 Å². The predicted octanol–water partition coefficient (Wildman–Crippen LogP) is 1.15. The van der Waals surface area contributed by atoms with Crippen molar-refractivity contribution in [3.8, 4) is 0 Å². The van der Waals surface area contributed by atoms with E-state index in [-0.39, 0.29) is 17.9 Å². The zero-order valence-electron chi connectivity index (χ0n) is 6.46. The lowest BCUT2D eigenvalue weighted by Crippen LogP contribution is -2.01. The van der Waals surface area contributed by atoms with Gasteiger partial charge in [-0.3, -0.25) is 0 Å². The third-order valence-corrected chi connectivity index (χ3v) is 2.42. The summed E-state index contributed by atoms with van der Waals surface area (Å²) < 4.78 is 0. The Bertz CT molecular complexity index is 190. The maximum absolute atomic E-state index is 5.40. The lowest BCUT2D eigenvalue weighted by molar-refractivity contribution is 0.824. The van der Waals surface area contributed by atoms with Crippen LogP contribution in [-0.4, -0.2) is 12.0 Å². The fraction of sp³-hybridized carbons (Fsp3) is 0.429. The lowest BCUT2D eigenvalue weighted by Gasteiger charge is -1.92. The molecule has 0 atom stereocenters. The van der Waals surface area contributed by atoms with Crippen molar-refractivity contribution >= 4 is 23.7 Å². The molecule has 1 heterocycles. The van der Waals surface area contributed by atoms with Crippen LogP contribution in [0, 0.1) is 6.92 Å². The molecule has 66 valence electrons. The Hall–Kier alpha value is -0.0900. The first-order valence-electron chi connectivity index (χ1n) is 3.07. The second kappa shape index (κ2) is 6.61. The SMILES string of the molecule is Cc1ccsc1CCN.Cl.O. The van der Waals surface area contributed by atoms with Gasteiger partial charge in [0.2, 0.25) is 0 Å². The van der Waals surface area contributed by atoms with Gasteiger partial charge in [-0.25, -0.2) is 0 Å². The maximum Gasteiger partial charge on any atom is 0.00869 e. The number of thiophene rings is 1. The molecule has 4 heteroatoms. The maximum atomic E-state index is 5.40. The number of halogens is 1. The van der Waals surface area contributed by atoms with Gasteiger partial charge in [-0.05, 0) is 36.9 Å². The van der Waals surface area contributed by atoms with E-state index >= 15 is 0 Å². The minimum atomic E-state index is 0. The molecule has 0 aliphatic carbocycles. The zero-order chi connectivity index (χ0) is 6.69. The number of hydrogen-bond acceptors (Lipinski definition) is 2. The summed E-state index contributed by atoms with van der Waals surface area (Å²) in [5.74, 6) is 0. The smallest absolute Gasteiger partial charge is 0.00869 e. The van der Waals surface area contributed by atoms with Gasteiger partial charge < -0.3 is 11.2 Å². The monoisotopic (exact) mass is 195 g/mol. The Morgan fingerprint density at radius 3 is 2.55 bits per heavy atom. The number of rotatable bonds is 2. The normalized spacial score (nSPS) is 8.18. The van der Waals surface area contributed by atoms with E-state index < -0.39 is 0 Å². The van der Waals surface area contributed by atoms with Crippen LogP contribution >= 0.6 is 23.7 Å². The molecule has 1 aromatic heterocycles.